The number of ketones is 1. The second-order valence-corrected chi connectivity index (χ2v) is 6.62. The van der Waals surface area contributed by atoms with E-state index in [1.807, 2.05) is 26.0 Å². The summed E-state index contributed by atoms with van der Waals surface area (Å²) in [7, 11) is 3.07. The van der Waals surface area contributed by atoms with Crippen molar-refractivity contribution in [2.45, 2.75) is 13.8 Å². The smallest absolute Gasteiger partial charge is 0.257 e. The highest BCUT2D eigenvalue weighted by molar-refractivity contribution is 6.14. The summed E-state index contributed by atoms with van der Waals surface area (Å²) in [6.45, 7) is 4.01. The van der Waals surface area contributed by atoms with E-state index >= 15 is 0 Å². The molecule has 0 bridgehead atoms. The number of likely N-dealkylation sites (N-methyl/N-ethyl adjacent to an activating group) is 1. The van der Waals surface area contributed by atoms with Crippen molar-refractivity contribution >= 4 is 17.8 Å². The Morgan fingerprint density at radius 1 is 1.21 bits per heavy atom. The fraction of sp³-hybridized carbons (Fsp3) is 0.273. The third-order valence-corrected chi connectivity index (χ3v) is 4.49. The Balaban J connectivity index is 1.87. The highest BCUT2D eigenvalue weighted by atomic mass is 16.5. The number of ether oxygens (including phenoxy) is 3. The van der Waals surface area contributed by atoms with Crippen LogP contribution >= 0.6 is 0 Å². The number of carbonyl (C=O) groups excluding carboxylic acids is 2. The minimum absolute atomic E-state index is 0.0352. The molecule has 0 unspecified atom stereocenters. The second-order valence-electron chi connectivity index (χ2n) is 6.62. The van der Waals surface area contributed by atoms with Gasteiger partial charge in [0.15, 0.2) is 23.9 Å². The molecule has 2 aromatic rings. The first-order valence-electron chi connectivity index (χ1n) is 8.93. The molecule has 0 saturated carbocycles. The van der Waals surface area contributed by atoms with Crippen LogP contribution in [0.15, 0.2) is 35.9 Å². The minimum Gasteiger partial charge on any atom is -0.493 e. The van der Waals surface area contributed by atoms with Gasteiger partial charge in [0.25, 0.3) is 5.91 Å². The Hall–Kier alpha value is -3.28. The van der Waals surface area contributed by atoms with Crippen LogP contribution in [0.5, 0.6) is 17.2 Å². The lowest BCUT2D eigenvalue weighted by Crippen LogP contribution is -2.24. The lowest BCUT2D eigenvalue weighted by atomic mass is 9.95. The molecule has 1 aliphatic rings. The molecule has 1 heterocycles. The van der Waals surface area contributed by atoms with E-state index in [-0.39, 0.29) is 24.9 Å². The van der Waals surface area contributed by atoms with E-state index in [2.05, 4.69) is 5.32 Å². The molecule has 0 radical (unpaired) electrons. The SMILES string of the molecule is CNC(=O)COc1ccc(/C=C2/COc3c(C)cc(C)cc3C2=O)cc1OC. The number of carbonyl (C=O) groups is 2. The van der Waals surface area contributed by atoms with Gasteiger partial charge in [-0.2, -0.15) is 0 Å². The molecule has 0 fully saturated rings. The normalized spacial score (nSPS) is 14.3. The van der Waals surface area contributed by atoms with Crippen LogP contribution in [-0.4, -0.2) is 39.1 Å². The summed E-state index contributed by atoms with van der Waals surface area (Å²) < 4.78 is 16.7. The lowest BCUT2D eigenvalue weighted by molar-refractivity contribution is -0.122. The zero-order valence-corrected chi connectivity index (χ0v) is 16.4. The molecule has 0 spiro atoms. The molecule has 1 amide bonds. The molecule has 28 heavy (non-hydrogen) atoms. The fourth-order valence-electron chi connectivity index (χ4n) is 3.12. The topological polar surface area (TPSA) is 73.9 Å². The van der Waals surface area contributed by atoms with Gasteiger partial charge < -0.3 is 19.5 Å². The summed E-state index contributed by atoms with van der Waals surface area (Å²) in [4.78, 5) is 24.3. The van der Waals surface area contributed by atoms with Crippen molar-refractivity contribution in [3.63, 3.8) is 0 Å². The second kappa shape index (κ2) is 8.17. The predicted molar refractivity (Wildman–Crippen MR) is 106 cm³/mol. The Bertz CT molecular complexity index is 962. The van der Waals surface area contributed by atoms with Crippen LogP contribution in [-0.2, 0) is 4.79 Å². The van der Waals surface area contributed by atoms with Gasteiger partial charge in [0, 0.05) is 12.6 Å². The van der Waals surface area contributed by atoms with Gasteiger partial charge in [0.05, 0.1) is 12.7 Å². The van der Waals surface area contributed by atoms with E-state index in [9.17, 15) is 9.59 Å². The maximum absolute atomic E-state index is 12.9. The van der Waals surface area contributed by atoms with Gasteiger partial charge in [0.1, 0.15) is 12.4 Å². The van der Waals surface area contributed by atoms with Crippen molar-refractivity contribution in [1.82, 2.24) is 5.32 Å². The zero-order chi connectivity index (χ0) is 20.3. The van der Waals surface area contributed by atoms with Crippen molar-refractivity contribution < 1.29 is 23.8 Å². The van der Waals surface area contributed by atoms with E-state index < -0.39 is 0 Å². The third-order valence-electron chi connectivity index (χ3n) is 4.49. The Morgan fingerprint density at radius 2 is 2.00 bits per heavy atom. The first-order chi connectivity index (χ1) is 13.4. The van der Waals surface area contributed by atoms with Crippen LogP contribution in [0.1, 0.15) is 27.0 Å². The highest BCUT2D eigenvalue weighted by Crippen LogP contribution is 2.33. The van der Waals surface area contributed by atoms with E-state index in [1.54, 1.807) is 31.3 Å². The molecule has 146 valence electrons. The number of methoxy groups -OCH3 is 1. The number of Topliss-reactive ketones (excluding diaryl/α,β-unsaturated/α-hetero) is 1. The largest absolute Gasteiger partial charge is 0.493 e. The van der Waals surface area contributed by atoms with E-state index in [0.717, 1.165) is 16.7 Å². The van der Waals surface area contributed by atoms with Crippen molar-refractivity contribution in [1.29, 1.82) is 0 Å². The van der Waals surface area contributed by atoms with Crippen LogP contribution in [0.3, 0.4) is 0 Å². The molecule has 0 aromatic heterocycles. The highest BCUT2D eigenvalue weighted by Gasteiger charge is 2.25. The van der Waals surface area contributed by atoms with Crippen LogP contribution in [0.25, 0.3) is 6.08 Å². The summed E-state index contributed by atoms with van der Waals surface area (Å²) in [5.41, 5.74) is 3.92. The van der Waals surface area contributed by atoms with Gasteiger partial charge in [-0.3, -0.25) is 9.59 Å². The number of aryl methyl sites for hydroxylation is 2. The van der Waals surface area contributed by atoms with E-state index in [0.29, 0.717) is 28.4 Å². The minimum atomic E-state index is -0.234. The van der Waals surface area contributed by atoms with Gasteiger partial charge in [0.2, 0.25) is 0 Å². The number of fused-ring (bicyclic) bond motifs is 1. The van der Waals surface area contributed by atoms with E-state index in [4.69, 9.17) is 14.2 Å². The molecular weight excluding hydrogens is 358 g/mol. The van der Waals surface area contributed by atoms with Gasteiger partial charge in [-0.05, 0) is 54.8 Å². The molecule has 6 heteroatoms. The van der Waals surface area contributed by atoms with Crippen LogP contribution < -0.4 is 19.5 Å². The molecule has 0 aliphatic carbocycles. The Labute approximate surface area is 164 Å². The number of amides is 1. The molecule has 0 saturated heterocycles. The van der Waals surface area contributed by atoms with Gasteiger partial charge in [-0.15, -0.1) is 0 Å². The Kier molecular flexibility index (Phi) is 5.68. The van der Waals surface area contributed by atoms with Crippen molar-refractivity contribution in [2.75, 3.05) is 27.4 Å². The number of benzene rings is 2. The molecular formula is C22H23NO5. The third kappa shape index (κ3) is 4.01. The maximum atomic E-state index is 12.9. The maximum Gasteiger partial charge on any atom is 0.257 e. The van der Waals surface area contributed by atoms with Crippen molar-refractivity contribution in [2.24, 2.45) is 0 Å². The van der Waals surface area contributed by atoms with Crippen LogP contribution in [0.2, 0.25) is 0 Å². The fourth-order valence-corrected chi connectivity index (χ4v) is 3.12. The van der Waals surface area contributed by atoms with Crippen molar-refractivity contribution in [3.8, 4) is 17.2 Å². The first-order valence-corrected chi connectivity index (χ1v) is 8.93. The summed E-state index contributed by atoms with van der Waals surface area (Å²) in [5, 5.41) is 2.49. The zero-order valence-electron chi connectivity index (χ0n) is 16.4. The molecule has 2 aromatic carbocycles. The average molecular weight is 381 g/mol. The van der Waals surface area contributed by atoms with Gasteiger partial charge in [-0.25, -0.2) is 0 Å². The summed E-state index contributed by atoms with van der Waals surface area (Å²) in [6.07, 6.45) is 1.79. The number of hydrogen-bond donors (Lipinski definition) is 1. The average Bonchev–Trinajstić information content (AvgIpc) is 2.68. The summed E-state index contributed by atoms with van der Waals surface area (Å²) in [5.74, 6) is 1.32. The standard InChI is InChI=1S/C22H23NO5/c1-13-7-14(2)22-17(8-13)21(25)16(11-28-22)9-15-5-6-18(19(10-15)26-4)27-12-20(24)23-3/h5-10H,11-12H2,1-4H3,(H,23,24)/b16-9-. The number of hydrogen-bond acceptors (Lipinski definition) is 5. The van der Waals surface area contributed by atoms with Crippen LogP contribution in [0, 0.1) is 13.8 Å². The summed E-state index contributed by atoms with van der Waals surface area (Å²) >= 11 is 0. The van der Waals surface area contributed by atoms with Crippen molar-refractivity contribution in [3.05, 3.63) is 58.2 Å². The quantitative estimate of drug-likeness (QED) is 0.806. The number of rotatable bonds is 5. The molecule has 6 nitrogen and oxygen atoms in total. The monoisotopic (exact) mass is 381 g/mol. The van der Waals surface area contributed by atoms with Gasteiger partial charge in [-0.1, -0.05) is 12.1 Å². The van der Waals surface area contributed by atoms with Crippen LogP contribution in [0.4, 0.5) is 0 Å². The van der Waals surface area contributed by atoms with E-state index in [1.165, 1.54) is 7.11 Å². The Morgan fingerprint density at radius 3 is 2.71 bits per heavy atom. The predicted octanol–water partition coefficient (Wildman–Crippen LogP) is 3.10. The first kappa shape index (κ1) is 19.5. The van der Waals surface area contributed by atoms with Gasteiger partial charge >= 0.3 is 0 Å². The molecule has 1 N–H and O–H groups in total. The number of nitrogens with one attached hydrogen (secondary N) is 1. The molecule has 1 aliphatic heterocycles. The molecule has 3 rings (SSSR count). The molecule has 0 atom stereocenters. The summed E-state index contributed by atoms with van der Waals surface area (Å²) in [6, 6.07) is 9.14. The lowest BCUT2D eigenvalue weighted by Gasteiger charge is -2.21.